The van der Waals surface area contributed by atoms with Crippen molar-refractivity contribution in [2.24, 2.45) is 11.8 Å². The third-order valence-electron chi connectivity index (χ3n) is 3.14. The third kappa shape index (κ3) is 4.10. The van der Waals surface area contributed by atoms with Gasteiger partial charge in [0.15, 0.2) is 0 Å². The number of likely N-dealkylation sites (N-methyl/N-ethyl adjacent to an activating group) is 1. The second-order valence-electron chi connectivity index (χ2n) is 5.12. The van der Waals surface area contributed by atoms with Crippen molar-refractivity contribution in [3.8, 4) is 0 Å². The zero-order valence-corrected chi connectivity index (χ0v) is 10.6. The van der Waals surface area contributed by atoms with Gasteiger partial charge in [0.1, 0.15) is 0 Å². The van der Waals surface area contributed by atoms with Crippen LogP contribution in [0.2, 0.25) is 0 Å². The summed E-state index contributed by atoms with van der Waals surface area (Å²) >= 11 is 0. The highest BCUT2D eigenvalue weighted by Gasteiger charge is 2.30. The highest BCUT2D eigenvalue weighted by Crippen LogP contribution is 2.17. The predicted octanol–water partition coefficient (Wildman–Crippen LogP) is 1.03. The second-order valence-corrected chi connectivity index (χ2v) is 5.12. The maximum atomic E-state index is 11.0. The molecule has 0 saturated carbocycles. The molecule has 4 nitrogen and oxygen atoms in total. The van der Waals surface area contributed by atoms with E-state index in [9.17, 15) is 4.79 Å². The lowest BCUT2D eigenvalue weighted by Crippen LogP contribution is -2.51. The summed E-state index contributed by atoms with van der Waals surface area (Å²) in [5.41, 5.74) is 0. The topological polar surface area (TPSA) is 52.6 Å². The lowest BCUT2D eigenvalue weighted by atomic mass is 9.94. The number of nitrogens with one attached hydrogen (secondary N) is 1. The van der Waals surface area contributed by atoms with Gasteiger partial charge in [0.2, 0.25) is 0 Å². The molecule has 0 spiro atoms. The van der Waals surface area contributed by atoms with E-state index in [1.807, 2.05) is 0 Å². The molecule has 0 aliphatic carbocycles. The SMILES string of the molecule is CCN1CC(NCC(C)C)CC(C(=O)O)C1. The smallest absolute Gasteiger partial charge is 0.307 e. The van der Waals surface area contributed by atoms with Gasteiger partial charge in [-0.05, 0) is 25.4 Å². The van der Waals surface area contributed by atoms with Crippen LogP contribution >= 0.6 is 0 Å². The molecule has 0 aromatic heterocycles. The normalized spacial score (nSPS) is 27.2. The van der Waals surface area contributed by atoms with Crippen LogP contribution in [-0.4, -0.2) is 48.2 Å². The van der Waals surface area contributed by atoms with Crippen molar-refractivity contribution < 1.29 is 9.90 Å². The maximum Gasteiger partial charge on any atom is 0.307 e. The molecule has 2 unspecified atom stereocenters. The summed E-state index contributed by atoms with van der Waals surface area (Å²) in [6, 6.07) is 0.331. The fourth-order valence-electron chi connectivity index (χ4n) is 2.18. The van der Waals surface area contributed by atoms with Gasteiger partial charge in [0.25, 0.3) is 0 Å². The van der Waals surface area contributed by atoms with Crippen molar-refractivity contribution in [2.75, 3.05) is 26.2 Å². The number of rotatable bonds is 5. The Kier molecular flexibility index (Phi) is 5.22. The van der Waals surface area contributed by atoms with E-state index in [4.69, 9.17) is 5.11 Å². The molecule has 0 radical (unpaired) electrons. The first-order chi connectivity index (χ1) is 7.52. The van der Waals surface area contributed by atoms with Gasteiger partial charge >= 0.3 is 5.97 Å². The standard InChI is InChI=1S/C12H24N2O2/c1-4-14-7-10(12(15)16)5-11(8-14)13-6-9(2)3/h9-11,13H,4-8H2,1-3H3,(H,15,16). The first kappa shape index (κ1) is 13.5. The van der Waals surface area contributed by atoms with Crippen LogP contribution < -0.4 is 5.32 Å². The fraction of sp³-hybridized carbons (Fsp3) is 0.917. The van der Waals surface area contributed by atoms with Crippen molar-refractivity contribution in [1.82, 2.24) is 10.2 Å². The van der Waals surface area contributed by atoms with Gasteiger partial charge in [0.05, 0.1) is 5.92 Å². The van der Waals surface area contributed by atoms with Crippen LogP contribution in [0.25, 0.3) is 0 Å². The minimum atomic E-state index is -0.658. The average Bonchev–Trinajstić information content (AvgIpc) is 2.25. The Morgan fingerprint density at radius 3 is 2.69 bits per heavy atom. The molecule has 4 heteroatoms. The molecule has 1 heterocycles. The van der Waals surface area contributed by atoms with Gasteiger partial charge < -0.3 is 15.3 Å². The van der Waals surface area contributed by atoms with E-state index in [1.165, 1.54) is 0 Å². The van der Waals surface area contributed by atoms with E-state index in [0.29, 0.717) is 18.5 Å². The van der Waals surface area contributed by atoms with E-state index >= 15 is 0 Å². The van der Waals surface area contributed by atoms with Crippen LogP contribution in [0.15, 0.2) is 0 Å². The largest absolute Gasteiger partial charge is 0.481 e. The minimum absolute atomic E-state index is 0.210. The summed E-state index contributed by atoms with van der Waals surface area (Å²) in [7, 11) is 0. The first-order valence-corrected chi connectivity index (χ1v) is 6.21. The molecule has 16 heavy (non-hydrogen) atoms. The molecule has 94 valence electrons. The predicted molar refractivity (Wildman–Crippen MR) is 64.5 cm³/mol. The summed E-state index contributed by atoms with van der Waals surface area (Å²) in [6.07, 6.45) is 0.762. The van der Waals surface area contributed by atoms with Gasteiger partial charge in [-0.3, -0.25) is 4.79 Å². The summed E-state index contributed by atoms with van der Waals surface area (Å²) in [5, 5.41) is 12.6. The Bertz CT molecular complexity index is 231. The molecule has 0 aromatic carbocycles. The Morgan fingerprint density at radius 1 is 1.50 bits per heavy atom. The molecule has 1 rings (SSSR count). The average molecular weight is 228 g/mol. The van der Waals surface area contributed by atoms with Crippen LogP contribution in [0.3, 0.4) is 0 Å². The number of hydrogen-bond acceptors (Lipinski definition) is 3. The van der Waals surface area contributed by atoms with Crippen LogP contribution in [0.1, 0.15) is 27.2 Å². The van der Waals surface area contributed by atoms with Crippen molar-refractivity contribution in [3.05, 3.63) is 0 Å². The summed E-state index contributed by atoms with van der Waals surface area (Å²) < 4.78 is 0. The highest BCUT2D eigenvalue weighted by atomic mass is 16.4. The maximum absolute atomic E-state index is 11.0. The lowest BCUT2D eigenvalue weighted by molar-refractivity contribution is -0.144. The van der Waals surface area contributed by atoms with Gasteiger partial charge in [-0.2, -0.15) is 0 Å². The van der Waals surface area contributed by atoms with E-state index in [2.05, 4.69) is 31.0 Å². The number of carbonyl (C=O) groups is 1. The monoisotopic (exact) mass is 228 g/mol. The highest BCUT2D eigenvalue weighted by molar-refractivity contribution is 5.70. The summed E-state index contributed by atoms with van der Waals surface area (Å²) in [4.78, 5) is 13.3. The van der Waals surface area contributed by atoms with Crippen molar-refractivity contribution in [1.29, 1.82) is 0 Å². The Labute approximate surface area is 98.0 Å². The van der Waals surface area contributed by atoms with Crippen molar-refractivity contribution in [3.63, 3.8) is 0 Å². The van der Waals surface area contributed by atoms with Crippen molar-refractivity contribution in [2.45, 2.75) is 33.2 Å². The third-order valence-corrected chi connectivity index (χ3v) is 3.14. The molecular formula is C12H24N2O2. The second kappa shape index (κ2) is 6.21. The van der Waals surface area contributed by atoms with E-state index in [0.717, 1.165) is 26.1 Å². The molecule has 1 aliphatic heterocycles. The number of nitrogens with zero attached hydrogens (tertiary/aromatic N) is 1. The molecule has 2 N–H and O–H groups in total. The van der Waals surface area contributed by atoms with Crippen LogP contribution in [-0.2, 0) is 4.79 Å². The fourth-order valence-corrected chi connectivity index (χ4v) is 2.18. The number of hydrogen-bond donors (Lipinski definition) is 2. The molecule has 0 aromatic rings. The van der Waals surface area contributed by atoms with E-state index in [-0.39, 0.29) is 5.92 Å². The Balaban J connectivity index is 2.47. The zero-order chi connectivity index (χ0) is 12.1. The van der Waals surface area contributed by atoms with Crippen LogP contribution in [0.4, 0.5) is 0 Å². The number of piperidine rings is 1. The number of carboxylic acids is 1. The van der Waals surface area contributed by atoms with Crippen LogP contribution in [0.5, 0.6) is 0 Å². The van der Waals surface area contributed by atoms with Gasteiger partial charge in [-0.15, -0.1) is 0 Å². The number of aliphatic carboxylic acids is 1. The Morgan fingerprint density at radius 2 is 2.19 bits per heavy atom. The van der Waals surface area contributed by atoms with Crippen LogP contribution in [0, 0.1) is 11.8 Å². The molecule has 0 bridgehead atoms. The molecule has 1 fully saturated rings. The van der Waals surface area contributed by atoms with Gasteiger partial charge in [0, 0.05) is 19.1 Å². The van der Waals surface area contributed by atoms with Gasteiger partial charge in [-0.1, -0.05) is 20.8 Å². The number of carboxylic acid groups (broad SMARTS) is 1. The lowest BCUT2D eigenvalue weighted by Gasteiger charge is -2.36. The molecule has 2 atom stereocenters. The quantitative estimate of drug-likeness (QED) is 0.738. The van der Waals surface area contributed by atoms with E-state index < -0.39 is 5.97 Å². The summed E-state index contributed by atoms with van der Waals surface area (Å²) in [5.74, 6) is -0.256. The van der Waals surface area contributed by atoms with Gasteiger partial charge in [-0.25, -0.2) is 0 Å². The molecule has 0 amide bonds. The summed E-state index contributed by atoms with van der Waals surface area (Å²) in [6.45, 7) is 10.0. The molecule has 1 aliphatic rings. The molecule has 1 saturated heterocycles. The molecular weight excluding hydrogens is 204 g/mol. The first-order valence-electron chi connectivity index (χ1n) is 6.21. The number of likely N-dealkylation sites (tertiary alicyclic amines) is 1. The van der Waals surface area contributed by atoms with E-state index in [1.54, 1.807) is 0 Å². The zero-order valence-electron chi connectivity index (χ0n) is 10.6. The Hall–Kier alpha value is -0.610. The van der Waals surface area contributed by atoms with Crippen molar-refractivity contribution >= 4 is 5.97 Å². The minimum Gasteiger partial charge on any atom is -0.481 e.